The number of carbonyl (C=O) groups is 2. The van der Waals surface area contributed by atoms with Gasteiger partial charge in [0.25, 0.3) is 0 Å². The van der Waals surface area contributed by atoms with E-state index >= 15 is 0 Å². The van der Waals surface area contributed by atoms with Crippen molar-refractivity contribution in [3.63, 3.8) is 0 Å². The molecule has 5 heteroatoms. The van der Waals surface area contributed by atoms with Crippen molar-refractivity contribution in [3.05, 3.63) is 63.3 Å². The molecule has 0 spiro atoms. The fourth-order valence-electron chi connectivity index (χ4n) is 2.42. The molecule has 0 saturated carbocycles. The molecule has 2 aromatic carbocycles. The number of Topliss-reactive ketones (excluding diaryl/α,β-unsaturated/α-hetero) is 1. The van der Waals surface area contributed by atoms with Gasteiger partial charge in [0.2, 0.25) is 5.78 Å². The minimum Gasteiger partial charge on any atom is -0.452 e. The smallest absolute Gasteiger partial charge is 0.313 e. The molecule has 0 amide bonds. The molecule has 3 rings (SSSR count). The minimum absolute atomic E-state index is 0.178. The van der Waals surface area contributed by atoms with Crippen molar-refractivity contribution in [2.24, 2.45) is 5.92 Å². The normalized spacial score (nSPS) is 14.6. The molecule has 0 radical (unpaired) electrons. The zero-order chi connectivity index (χ0) is 18.1. The third kappa shape index (κ3) is 3.51. The molecule has 128 valence electrons. The summed E-state index contributed by atoms with van der Waals surface area (Å²) in [6.07, 6.45) is 1.70. The minimum atomic E-state index is -0.321. The first kappa shape index (κ1) is 17.4. The van der Waals surface area contributed by atoms with E-state index in [9.17, 15) is 9.59 Å². The number of fused-ring (bicyclic) bond motifs is 1. The molecule has 25 heavy (non-hydrogen) atoms. The molecule has 1 aliphatic rings. The van der Waals surface area contributed by atoms with Gasteiger partial charge in [-0.25, -0.2) is 0 Å². The molecule has 2 aromatic rings. The largest absolute Gasteiger partial charge is 0.452 e. The number of carbonyl (C=O) groups excluding carboxylic acids is 2. The van der Waals surface area contributed by atoms with E-state index in [4.69, 9.17) is 9.47 Å². The molecule has 4 nitrogen and oxygen atoms in total. The lowest BCUT2D eigenvalue weighted by Gasteiger charge is -2.11. The summed E-state index contributed by atoms with van der Waals surface area (Å²) >= 11 is 3.38. The maximum absolute atomic E-state index is 12.6. The summed E-state index contributed by atoms with van der Waals surface area (Å²) in [7, 11) is 0. The van der Waals surface area contributed by atoms with Crippen LogP contribution in [0.15, 0.2) is 46.6 Å². The number of ketones is 1. The quantitative estimate of drug-likeness (QED) is 0.416. The summed E-state index contributed by atoms with van der Waals surface area (Å²) in [4.78, 5) is 24.4. The second-order valence-corrected chi connectivity index (χ2v) is 7.05. The maximum Gasteiger partial charge on any atom is 0.313 e. The first-order chi connectivity index (χ1) is 11.9. The third-order valence-electron chi connectivity index (χ3n) is 3.89. The van der Waals surface area contributed by atoms with Crippen LogP contribution in [0.3, 0.4) is 0 Å². The van der Waals surface area contributed by atoms with E-state index < -0.39 is 0 Å². The Kier molecular flexibility index (Phi) is 4.77. The number of allylic oxidation sites excluding steroid dienone is 1. The highest BCUT2D eigenvalue weighted by molar-refractivity contribution is 9.10. The lowest BCUT2D eigenvalue weighted by Crippen LogP contribution is -2.15. The SMILES string of the molecule is Cc1c(OC(=O)C(C)C)ccc2c1O/C(=C\c1ccc(Br)cc1)C2=O. The van der Waals surface area contributed by atoms with E-state index in [1.165, 1.54) is 0 Å². The van der Waals surface area contributed by atoms with E-state index in [-0.39, 0.29) is 23.4 Å². The van der Waals surface area contributed by atoms with E-state index in [1.807, 2.05) is 24.3 Å². The summed E-state index contributed by atoms with van der Waals surface area (Å²) in [6, 6.07) is 10.8. The number of rotatable bonds is 3. The number of halogens is 1. The lowest BCUT2D eigenvalue weighted by molar-refractivity contribution is -0.137. The van der Waals surface area contributed by atoms with Crippen LogP contribution in [0.1, 0.15) is 35.3 Å². The van der Waals surface area contributed by atoms with Crippen molar-refractivity contribution >= 4 is 33.8 Å². The van der Waals surface area contributed by atoms with Gasteiger partial charge in [-0.05, 0) is 42.8 Å². The van der Waals surface area contributed by atoms with Gasteiger partial charge in [-0.2, -0.15) is 0 Å². The van der Waals surface area contributed by atoms with Crippen LogP contribution >= 0.6 is 15.9 Å². The Balaban J connectivity index is 1.92. The Hall–Kier alpha value is -2.40. The second kappa shape index (κ2) is 6.84. The maximum atomic E-state index is 12.6. The van der Waals surface area contributed by atoms with Gasteiger partial charge in [0.15, 0.2) is 5.76 Å². The molecular weight excluding hydrogens is 384 g/mol. The van der Waals surface area contributed by atoms with Crippen LogP contribution < -0.4 is 9.47 Å². The molecule has 0 aromatic heterocycles. The van der Waals surface area contributed by atoms with Crippen molar-refractivity contribution in [3.8, 4) is 11.5 Å². The molecule has 0 atom stereocenters. The van der Waals surface area contributed by atoms with Crippen molar-refractivity contribution in [2.45, 2.75) is 20.8 Å². The third-order valence-corrected chi connectivity index (χ3v) is 4.42. The zero-order valence-corrected chi connectivity index (χ0v) is 15.7. The summed E-state index contributed by atoms with van der Waals surface area (Å²) in [5.41, 5.74) is 1.98. The number of esters is 1. The van der Waals surface area contributed by atoms with Crippen LogP contribution in [0.25, 0.3) is 6.08 Å². The molecule has 1 heterocycles. The molecule has 0 aliphatic carbocycles. The lowest BCUT2D eigenvalue weighted by atomic mass is 10.1. The van der Waals surface area contributed by atoms with E-state index in [0.29, 0.717) is 22.6 Å². The van der Waals surface area contributed by atoms with E-state index in [0.717, 1.165) is 10.0 Å². The molecular formula is C20H17BrO4. The standard InChI is InChI=1S/C20H17BrO4/c1-11(2)20(23)25-16-9-8-15-18(22)17(24-19(15)12(16)3)10-13-4-6-14(21)7-5-13/h4-11H,1-3H3/b17-10-. The molecule has 0 N–H and O–H groups in total. The van der Waals surface area contributed by atoms with Crippen LogP contribution in [0, 0.1) is 12.8 Å². The van der Waals surface area contributed by atoms with Gasteiger partial charge in [-0.15, -0.1) is 0 Å². The monoisotopic (exact) mass is 400 g/mol. The van der Waals surface area contributed by atoms with Crippen molar-refractivity contribution in [2.75, 3.05) is 0 Å². The summed E-state index contributed by atoms with van der Waals surface area (Å²) in [5, 5.41) is 0. The first-order valence-electron chi connectivity index (χ1n) is 7.92. The molecule has 1 aliphatic heterocycles. The van der Waals surface area contributed by atoms with Crippen LogP contribution in [0.2, 0.25) is 0 Å². The van der Waals surface area contributed by atoms with Crippen LogP contribution in [-0.4, -0.2) is 11.8 Å². The molecule has 0 saturated heterocycles. The predicted molar refractivity (Wildman–Crippen MR) is 98.7 cm³/mol. The van der Waals surface area contributed by atoms with Gasteiger partial charge >= 0.3 is 5.97 Å². The van der Waals surface area contributed by atoms with Crippen LogP contribution in [0.5, 0.6) is 11.5 Å². The average Bonchev–Trinajstić information content (AvgIpc) is 2.89. The topological polar surface area (TPSA) is 52.6 Å². The summed E-state index contributed by atoms with van der Waals surface area (Å²) in [6.45, 7) is 5.31. The fourth-order valence-corrected chi connectivity index (χ4v) is 2.68. The van der Waals surface area contributed by atoms with Gasteiger partial charge in [0.05, 0.1) is 11.5 Å². The fraction of sp³-hybridized carbons (Fsp3) is 0.200. The van der Waals surface area contributed by atoms with Gasteiger partial charge in [-0.3, -0.25) is 9.59 Å². The molecule has 0 fully saturated rings. The number of hydrogen-bond acceptors (Lipinski definition) is 4. The van der Waals surface area contributed by atoms with Crippen molar-refractivity contribution in [1.29, 1.82) is 0 Å². The Morgan fingerprint density at radius 2 is 1.84 bits per heavy atom. The van der Waals surface area contributed by atoms with Crippen molar-refractivity contribution in [1.82, 2.24) is 0 Å². The zero-order valence-electron chi connectivity index (χ0n) is 14.1. The highest BCUT2D eigenvalue weighted by Crippen LogP contribution is 2.39. The van der Waals surface area contributed by atoms with E-state index in [2.05, 4.69) is 15.9 Å². The van der Waals surface area contributed by atoms with Gasteiger partial charge < -0.3 is 9.47 Å². The Bertz CT molecular complexity index is 879. The average molecular weight is 401 g/mol. The Morgan fingerprint density at radius 3 is 2.48 bits per heavy atom. The summed E-state index contributed by atoms with van der Waals surface area (Å²) < 4.78 is 12.1. The highest BCUT2D eigenvalue weighted by atomic mass is 79.9. The predicted octanol–water partition coefficient (Wildman–Crippen LogP) is 4.94. The molecule has 0 unspecified atom stereocenters. The Labute approximate surface area is 154 Å². The second-order valence-electron chi connectivity index (χ2n) is 6.13. The number of benzene rings is 2. The summed E-state index contributed by atoms with van der Waals surface area (Å²) in [5.74, 6) is 0.383. The van der Waals surface area contributed by atoms with Gasteiger partial charge in [-0.1, -0.05) is 41.9 Å². The Morgan fingerprint density at radius 1 is 1.16 bits per heavy atom. The van der Waals surface area contributed by atoms with E-state index in [1.54, 1.807) is 39.0 Å². The molecule has 0 bridgehead atoms. The van der Waals surface area contributed by atoms with Crippen LogP contribution in [0.4, 0.5) is 0 Å². The van der Waals surface area contributed by atoms with Gasteiger partial charge in [0, 0.05) is 10.0 Å². The number of ether oxygens (including phenoxy) is 2. The van der Waals surface area contributed by atoms with Gasteiger partial charge in [0.1, 0.15) is 11.5 Å². The highest BCUT2D eigenvalue weighted by Gasteiger charge is 2.30. The van der Waals surface area contributed by atoms with Crippen LogP contribution in [-0.2, 0) is 4.79 Å². The number of hydrogen-bond donors (Lipinski definition) is 0. The first-order valence-corrected chi connectivity index (χ1v) is 8.71. The van der Waals surface area contributed by atoms with Crippen molar-refractivity contribution < 1.29 is 19.1 Å².